The lowest BCUT2D eigenvalue weighted by Crippen LogP contribution is -2.25. The lowest BCUT2D eigenvalue weighted by atomic mass is 10.3. The van der Waals surface area contributed by atoms with Crippen molar-refractivity contribution in [3.8, 4) is 0 Å². The molecule has 1 unspecified atom stereocenters. The summed E-state index contributed by atoms with van der Waals surface area (Å²) >= 11 is 0. The van der Waals surface area contributed by atoms with Gasteiger partial charge in [-0.3, -0.25) is 0 Å². The van der Waals surface area contributed by atoms with E-state index in [1.165, 1.54) is 5.69 Å². The van der Waals surface area contributed by atoms with E-state index < -0.39 is 0 Å². The zero-order valence-electron chi connectivity index (χ0n) is 10.3. The highest BCUT2D eigenvalue weighted by atomic mass is 16.5. The Balaban J connectivity index is 2.54. The number of ether oxygens (including phenoxy) is 2. The van der Waals surface area contributed by atoms with E-state index in [-0.39, 0.29) is 6.10 Å². The molecular weight excluding hydrogens is 206 g/mol. The van der Waals surface area contributed by atoms with Crippen molar-refractivity contribution < 1.29 is 9.47 Å². The van der Waals surface area contributed by atoms with Gasteiger partial charge in [-0.05, 0) is 6.54 Å². The Morgan fingerprint density at radius 3 is 2.94 bits per heavy atom. The number of nitrogens with zero attached hydrogens (tertiary/aromatic N) is 2. The van der Waals surface area contributed by atoms with Crippen LogP contribution in [-0.2, 0) is 22.6 Å². The monoisotopic (exact) mass is 227 g/mol. The third-order valence-corrected chi connectivity index (χ3v) is 2.44. The quantitative estimate of drug-likeness (QED) is 0.708. The van der Waals surface area contributed by atoms with E-state index in [9.17, 15) is 0 Å². The summed E-state index contributed by atoms with van der Waals surface area (Å²) in [6.07, 6.45) is 3.77. The van der Waals surface area contributed by atoms with Crippen molar-refractivity contribution in [1.82, 2.24) is 14.9 Å². The van der Waals surface area contributed by atoms with Crippen molar-refractivity contribution in [2.45, 2.75) is 26.1 Å². The molecule has 0 amide bonds. The van der Waals surface area contributed by atoms with Gasteiger partial charge in [-0.2, -0.15) is 0 Å². The van der Waals surface area contributed by atoms with Gasteiger partial charge in [0.1, 0.15) is 0 Å². The zero-order chi connectivity index (χ0) is 11.8. The summed E-state index contributed by atoms with van der Waals surface area (Å²) in [5, 5.41) is 3.28. The molecule has 1 rings (SSSR count). The molecule has 0 saturated heterocycles. The minimum atomic E-state index is 0.0691. The minimum absolute atomic E-state index is 0.0691. The Labute approximate surface area is 96.8 Å². The summed E-state index contributed by atoms with van der Waals surface area (Å²) in [7, 11) is 3.38. The van der Waals surface area contributed by atoms with Gasteiger partial charge in [-0.15, -0.1) is 0 Å². The number of nitrogens with one attached hydrogen (secondary N) is 1. The maximum absolute atomic E-state index is 5.33. The number of rotatable bonds is 8. The molecule has 0 fully saturated rings. The molecule has 0 aromatic carbocycles. The molecule has 0 spiro atoms. The molecular formula is C11H21N3O2. The first-order valence-electron chi connectivity index (χ1n) is 5.53. The molecule has 1 heterocycles. The highest BCUT2D eigenvalue weighted by Crippen LogP contribution is 2.03. The first-order chi connectivity index (χ1) is 7.81. The summed E-state index contributed by atoms with van der Waals surface area (Å²) in [5.41, 5.74) is 1.17. The Kier molecular flexibility index (Phi) is 6.07. The first kappa shape index (κ1) is 13.2. The summed E-state index contributed by atoms with van der Waals surface area (Å²) in [4.78, 5) is 4.15. The molecule has 16 heavy (non-hydrogen) atoms. The van der Waals surface area contributed by atoms with Crippen LogP contribution in [0.3, 0.4) is 0 Å². The molecule has 5 heteroatoms. The van der Waals surface area contributed by atoms with Crippen LogP contribution in [0.4, 0.5) is 0 Å². The molecule has 1 aromatic heterocycles. The highest BCUT2D eigenvalue weighted by Gasteiger charge is 2.10. The van der Waals surface area contributed by atoms with Crippen LogP contribution in [0.5, 0.6) is 0 Å². The van der Waals surface area contributed by atoms with Crippen molar-refractivity contribution in [1.29, 1.82) is 0 Å². The maximum Gasteiger partial charge on any atom is 0.0983 e. The van der Waals surface area contributed by atoms with Crippen LogP contribution in [0.1, 0.15) is 12.6 Å². The van der Waals surface area contributed by atoms with E-state index in [4.69, 9.17) is 9.47 Å². The molecule has 0 radical (unpaired) electrons. The highest BCUT2D eigenvalue weighted by molar-refractivity contribution is 4.98. The second-order valence-electron chi connectivity index (χ2n) is 3.63. The Hall–Kier alpha value is -0.910. The van der Waals surface area contributed by atoms with Crippen LogP contribution in [0.2, 0.25) is 0 Å². The third-order valence-electron chi connectivity index (χ3n) is 2.44. The van der Waals surface area contributed by atoms with Gasteiger partial charge in [0.05, 0.1) is 31.3 Å². The second-order valence-corrected chi connectivity index (χ2v) is 3.63. The first-order valence-corrected chi connectivity index (χ1v) is 5.53. The zero-order valence-corrected chi connectivity index (χ0v) is 10.3. The van der Waals surface area contributed by atoms with Crippen molar-refractivity contribution >= 4 is 0 Å². The maximum atomic E-state index is 5.33. The Bertz CT molecular complexity index is 289. The fourth-order valence-electron chi connectivity index (χ4n) is 1.51. The van der Waals surface area contributed by atoms with Gasteiger partial charge < -0.3 is 19.4 Å². The summed E-state index contributed by atoms with van der Waals surface area (Å²) in [6.45, 7) is 5.24. The normalized spacial score (nSPS) is 12.9. The molecule has 0 saturated carbocycles. The van der Waals surface area contributed by atoms with Gasteiger partial charge >= 0.3 is 0 Å². The molecule has 92 valence electrons. The summed E-state index contributed by atoms with van der Waals surface area (Å²) in [5.74, 6) is 0. The summed E-state index contributed by atoms with van der Waals surface area (Å²) in [6, 6.07) is 0. The third kappa shape index (κ3) is 3.92. The van der Waals surface area contributed by atoms with Gasteiger partial charge in [0.2, 0.25) is 0 Å². The van der Waals surface area contributed by atoms with E-state index in [1.54, 1.807) is 14.2 Å². The Morgan fingerprint density at radius 1 is 1.50 bits per heavy atom. The van der Waals surface area contributed by atoms with E-state index in [0.29, 0.717) is 6.61 Å². The predicted molar refractivity (Wildman–Crippen MR) is 62.3 cm³/mol. The van der Waals surface area contributed by atoms with Crippen LogP contribution >= 0.6 is 0 Å². The second kappa shape index (κ2) is 7.38. The van der Waals surface area contributed by atoms with Crippen molar-refractivity contribution in [2.75, 3.05) is 27.4 Å². The van der Waals surface area contributed by atoms with Gasteiger partial charge in [0.15, 0.2) is 0 Å². The molecule has 1 aromatic rings. The van der Waals surface area contributed by atoms with Gasteiger partial charge in [0.25, 0.3) is 0 Å². The molecule has 1 atom stereocenters. The lowest BCUT2D eigenvalue weighted by Gasteiger charge is -2.16. The van der Waals surface area contributed by atoms with Crippen LogP contribution in [0.15, 0.2) is 12.5 Å². The van der Waals surface area contributed by atoms with E-state index in [0.717, 1.165) is 19.6 Å². The van der Waals surface area contributed by atoms with Gasteiger partial charge in [-0.25, -0.2) is 4.98 Å². The van der Waals surface area contributed by atoms with E-state index >= 15 is 0 Å². The van der Waals surface area contributed by atoms with E-state index in [2.05, 4.69) is 21.8 Å². The van der Waals surface area contributed by atoms with E-state index in [1.807, 2.05) is 12.5 Å². The average Bonchev–Trinajstić information content (AvgIpc) is 2.73. The van der Waals surface area contributed by atoms with Gasteiger partial charge in [0, 0.05) is 27.0 Å². The van der Waals surface area contributed by atoms with Crippen molar-refractivity contribution in [3.05, 3.63) is 18.2 Å². The molecule has 0 aliphatic carbocycles. The molecule has 0 aliphatic heterocycles. The predicted octanol–water partition coefficient (Wildman–Crippen LogP) is 0.654. The standard InChI is InChI=1S/C11H21N3O2/c1-4-12-5-10-6-13-9-14(10)7-11(16-3)8-15-2/h6,9,11-12H,4-5,7-8H2,1-3H3. The van der Waals surface area contributed by atoms with Crippen LogP contribution in [-0.4, -0.2) is 43.0 Å². The number of aromatic nitrogens is 2. The molecule has 0 bridgehead atoms. The fourth-order valence-corrected chi connectivity index (χ4v) is 1.51. The average molecular weight is 227 g/mol. The number of methoxy groups -OCH3 is 2. The van der Waals surface area contributed by atoms with Crippen LogP contribution in [0, 0.1) is 0 Å². The van der Waals surface area contributed by atoms with Crippen molar-refractivity contribution in [2.24, 2.45) is 0 Å². The van der Waals surface area contributed by atoms with Gasteiger partial charge in [-0.1, -0.05) is 6.92 Å². The van der Waals surface area contributed by atoms with Crippen LogP contribution < -0.4 is 5.32 Å². The SMILES string of the molecule is CCNCc1cncn1CC(COC)OC. The lowest BCUT2D eigenvalue weighted by molar-refractivity contribution is 0.0179. The molecule has 1 N–H and O–H groups in total. The minimum Gasteiger partial charge on any atom is -0.382 e. The smallest absolute Gasteiger partial charge is 0.0983 e. The number of imidazole rings is 1. The van der Waals surface area contributed by atoms with Crippen LogP contribution in [0.25, 0.3) is 0 Å². The fraction of sp³-hybridized carbons (Fsp3) is 0.727. The largest absolute Gasteiger partial charge is 0.382 e. The molecule has 0 aliphatic rings. The number of hydrogen-bond donors (Lipinski definition) is 1. The Morgan fingerprint density at radius 2 is 2.31 bits per heavy atom. The molecule has 5 nitrogen and oxygen atoms in total. The summed E-state index contributed by atoms with van der Waals surface area (Å²) < 4.78 is 12.5. The number of hydrogen-bond acceptors (Lipinski definition) is 4. The topological polar surface area (TPSA) is 48.3 Å². The van der Waals surface area contributed by atoms with Crippen molar-refractivity contribution in [3.63, 3.8) is 0 Å².